The Hall–Kier alpha value is -1.88. The molecule has 4 rings (SSSR count). The van der Waals surface area contributed by atoms with Crippen molar-refractivity contribution in [2.75, 3.05) is 7.05 Å². The third kappa shape index (κ3) is 2.73. The molecule has 1 aromatic rings. The van der Waals surface area contributed by atoms with Crippen molar-refractivity contribution >= 4 is 11.9 Å². The molecule has 1 N–H and O–H groups in total. The van der Waals surface area contributed by atoms with Crippen molar-refractivity contribution in [1.29, 1.82) is 0 Å². The van der Waals surface area contributed by atoms with Gasteiger partial charge in [0.05, 0.1) is 6.10 Å². The average molecular weight is 356 g/mol. The van der Waals surface area contributed by atoms with Gasteiger partial charge in [-0.2, -0.15) is 0 Å². The zero-order chi connectivity index (χ0) is 18.3. The van der Waals surface area contributed by atoms with Crippen LogP contribution in [-0.2, 0) is 4.79 Å². The Morgan fingerprint density at radius 3 is 2.19 bits per heavy atom. The zero-order valence-corrected chi connectivity index (χ0v) is 15.4. The molecule has 1 heterocycles. The standard InChI is InChI=1S/C21H28N2O3/c1-22-20(26)23(17-7-9-18(24)10-8-17)19(25)21(22)13-11-16(12-14-21)15-5-3-2-4-6-15/h2-6,16-18,24H,7-14H2,1H3. The molecule has 2 saturated carbocycles. The molecule has 140 valence electrons. The highest BCUT2D eigenvalue weighted by atomic mass is 16.3. The largest absolute Gasteiger partial charge is 0.393 e. The lowest BCUT2D eigenvalue weighted by atomic mass is 9.73. The van der Waals surface area contributed by atoms with E-state index in [9.17, 15) is 14.7 Å². The number of hydrogen-bond acceptors (Lipinski definition) is 3. The van der Waals surface area contributed by atoms with Crippen molar-refractivity contribution in [1.82, 2.24) is 9.80 Å². The van der Waals surface area contributed by atoms with Gasteiger partial charge >= 0.3 is 6.03 Å². The number of nitrogens with zero attached hydrogens (tertiary/aromatic N) is 2. The van der Waals surface area contributed by atoms with E-state index in [1.54, 1.807) is 11.9 Å². The molecule has 3 amide bonds. The highest BCUT2D eigenvalue weighted by molar-refractivity contribution is 6.07. The van der Waals surface area contributed by atoms with E-state index >= 15 is 0 Å². The van der Waals surface area contributed by atoms with E-state index in [0.717, 1.165) is 38.5 Å². The first kappa shape index (κ1) is 17.5. The molecular formula is C21H28N2O3. The van der Waals surface area contributed by atoms with Crippen molar-refractivity contribution < 1.29 is 14.7 Å². The summed E-state index contributed by atoms with van der Waals surface area (Å²) >= 11 is 0. The lowest BCUT2D eigenvalue weighted by Crippen LogP contribution is -2.51. The summed E-state index contributed by atoms with van der Waals surface area (Å²) in [6.07, 6.45) is 5.84. The maximum atomic E-state index is 13.3. The summed E-state index contributed by atoms with van der Waals surface area (Å²) in [6, 6.07) is 10.3. The van der Waals surface area contributed by atoms with Crippen LogP contribution in [0.2, 0.25) is 0 Å². The summed E-state index contributed by atoms with van der Waals surface area (Å²) in [6.45, 7) is 0. The molecule has 1 saturated heterocycles. The maximum absolute atomic E-state index is 13.3. The molecule has 0 unspecified atom stereocenters. The highest BCUT2D eigenvalue weighted by Crippen LogP contribution is 2.45. The number of imide groups is 1. The molecule has 0 atom stereocenters. The number of carbonyl (C=O) groups is 2. The minimum Gasteiger partial charge on any atom is -0.393 e. The monoisotopic (exact) mass is 356 g/mol. The third-order valence-electron chi connectivity index (χ3n) is 6.87. The zero-order valence-electron chi connectivity index (χ0n) is 15.4. The van der Waals surface area contributed by atoms with Crippen LogP contribution in [0, 0.1) is 0 Å². The second kappa shape index (κ2) is 6.69. The predicted molar refractivity (Wildman–Crippen MR) is 98.6 cm³/mol. The van der Waals surface area contributed by atoms with Gasteiger partial charge in [0.15, 0.2) is 0 Å². The number of aliphatic hydroxyl groups is 1. The lowest BCUT2D eigenvalue weighted by molar-refractivity contribution is -0.136. The van der Waals surface area contributed by atoms with Gasteiger partial charge in [-0.05, 0) is 62.8 Å². The third-order valence-corrected chi connectivity index (χ3v) is 6.87. The van der Waals surface area contributed by atoms with Crippen LogP contribution in [0.3, 0.4) is 0 Å². The molecule has 5 nitrogen and oxygen atoms in total. The van der Waals surface area contributed by atoms with Crippen LogP contribution in [-0.4, -0.2) is 51.6 Å². The second-order valence-electron chi connectivity index (χ2n) is 8.20. The predicted octanol–water partition coefficient (Wildman–Crippen LogP) is 3.28. The van der Waals surface area contributed by atoms with Crippen LogP contribution >= 0.6 is 0 Å². The second-order valence-corrected chi connectivity index (χ2v) is 8.20. The van der Waals surface area contributed by atoms with Crippen molar-refractivity contribution in [2.45, 2.75) is 75.0 Å². The van der Waals surface area contributed by atoms with Gasteiger partial charge in [0.1, 0.15) is 5.54 Å². The first-order valence-electron chi connectivity index (χ1n) is 9.87. The first-order chi connectivity index (χ1) is 12.5. The molecule has 3 aliphatic rings. The SMILES string of the molecule is CN1C(=O)N(C2CCC(O)CC2)C(=O)C12CCC(c1ccccc1)CC2. The topological polar surface area (TPSA) is 60.9 Å². The van der Waals surface area contributed by atoms with Gasteiger partial charge in [-0.3, -0.25) is 9.69 Å². The summed E-state index contributed by atoms with van der Waals surface area (Å²) in [5, 5.41) is 9.73. The fourth-order valence-corrected chi connectivity index (χ4v) is 5.14. The molecule has 26 heavy (non-hydrogen) atoms. The molecule has 2 aliphatic carbocycles. The van der Waals surface area contributed by atoms with Gasteiger partial charge in [-0.25, -0.2) is 4.79 Å². The van der Waals surface area contributed by atoms with Gasteiger partial charge in [-0.1, -0.05) is 30.3 Å². The summed E-state index contributed by atoms with van der Waals surface area (Å²) in [4.78, 5) is 29.5. The summed E-state index contributed by atoms with van der Waals surface area (Å²) in [5.74, 6) is 0.468. The van der Waals surface area contributed by atoms with Crippen molar-refractivity contribution in [3.8, 4) is 0 Å². The van der Waals surface area contributed by atoms with Crippen LogP contribution in [0.5, 0.6) is 0 Å². The summed E-state index contributed by atoms with van der Waals surface area (Å²) in [5.41, 5.74) is 0.679. The normalized spacial score (nSPS) is 35.4. The van der Waals surface area contributed by atoms with Crippen LogP contribution in [0.4, 0.5) is 4.79 Å². The number of rotatable bonds is 2. The van der Waals surface area contributed by atoms with Gasteiger partial charge in [0, 0.05) is 13.1 Å². The number of aliphatic hydroxyl groups excluding tert-OH is 1. The maximum Gasteiger partial charge on any atom is 0.327 e. The van der Waals surface area contributed by atoms with E-state index in [2.05, 4.69) is 24.3 Å². The van der Waals surface area contributed by atoms with E-state index in [4.69, 9.17) is 0 Å². The van der Waals surface area contributed by atoms with E-state index in [1.807, 2.05) is 6.07 Å². The molecule has 1 aromatic carbocycles. The Labute approximate surface area is 155 Å². The Balaban J connectivity index is 1.50. The summed E-state index contributed by atoms with van der Waals surface area (Å²) < 4.78 is 0. The van der Waals surface area contributed by atoms with E-state index < -0.39 is 5.54 Å². The van der Waals surface area contributed by atoms with E-state index in [0.29, 0.717) is 18.8 Å². The fraction of sp³-hybridized carbons (Fsp3) is 0.619. The molecule has 0 radical (unpaired) electrons. The molecule has 3 fully saturated rings. The van der Waals surface area contributed by atoms with Crippen molar-refractivity contribution in [3.63, 3.8) is 0 Å². The van der Waals surface area contributed by atoms with Crippen LogP contribution in [0.15, 0.2) is 30.3 Å². The average Bonchev–Trinajstić information content (AvgIpc) is 2.85. The number of benzene rings is 1. The Kier molecular flexibility index (Phi) is 4.51. The van der Waals surface area contributed by atoms with Crippen molar-refractivity contribution in [3.05, 3.63) is 35.9 Å². The smallest absolute Gasteiger partial charge is 0.327 e. The van der Waals surface area contributed by atoms with Crippen molar-refractivity contribution in [2.24, 2.45) is 0 Å². The Bertz CT molecular complexity index is 674. The fourth-order valence-electron chi connectivity index (χ4n) is 5.14. The number of amides is 3. The number of carbonyl (C=O) groups excluding carboxylic acids is 2. The van der Waals surface area contributed by atoms with Crippen LogP contribution in [0.1, 0.15) is 62.8 Å². The molecule has 1 spiro atoms. The number of urea groups is 1. The molecular weight excluding hydrogens is 328 g/mol. The molecule has 5 heteroatoms. The Morgan fingerprint density at radius 2 is 1.58 bits per heavy atom. The number of likely N-dealkylation sites (N-methyl/N-ethyl adjacent to an activating group) is 1. The van der Waals surface area contributed by atoms with E-state index in [1.165, 1.54) is 10.5 Å². The quantitative estimate of drug-likeness (QED) is 0.827. The molecule has 1 aliphatic heterocycles. The number of hydrogen-bond donors (Lipinski definition) is 1. The van der Waals surface area contributed by atoms with Gasteiger partial charge < -0.3 is 10.0 Å². The molecule has 0 bridgehead atoms. The van der Waals surface area contributed by atoms with Gasteiger partial charge in [0.25, 0.3) is 5.91 Å². The van der Waals surface area contributed by atoms with Gasteiger partial charge in [-0.15, -0.1) is 0 Å². The highest BCUT2D eigenvalue weighted by Gasteiger charge is 2.58. The van der Waals surface area contributed by atoms with Gasteiger partial charge in [0.2, 0.25) is 0 Å². The summed E-state index contributed by atoms with van der Waals surface area (Å²) in [7, 11) is 1.79. The molecule has 0 aromatic heterocycles. The Morgan fingerprint density at radius 1 is 0.962 bits per heavy atom. The minimum atomic E-state index is -0.654. The minimum absolute atomic E-state index is 0.00194. The van der Waals surface area contributed by atoms with Crippen LogP contribution < -0.4 is 0 Å². The van der Waals surface area contributed by atoms with E-state index in [-0.39, 0.29) is 24.1 Å². The lowest BCUT2D eigenvalue weighted by Gasteiger charge is -2.39. The first-order valence-corrected chi connectivity index (χ1v) is 9.87. The van der Waals surface area contributed by atoms with Crippen LogP contribution in [0.25, 0.3) is 0 Å².